The van der Waals surface area contributed by atoms with Crippen LogP contribution in [0.15, 0.2) is 87.9 Å². The van der Waals surface area contributed by atoms with Crippen molar-refractivity contribution in [3.63, 3.8) is 0 Å². The summed E-state index contributed by atoms with van der Waals surface area (Å²) in [4.78, 5) is 19.4. The van der Waals surface area contributed by atoms with E-state index in [1.165, 1.54) is 0 Å². The summed E-state index contributed by atoms with van der Waals surface area (Å²) in [5.74, 6) is 1.44. The number of thiocarbonyl (C=S) groups is 1. The Labute approximate surface area is 230 Å². The number of nitrogens with zero attached hydrogens (tertiary/aromatic N) is 2. The fourth-order valence-electron chi connectivity index (χ4n) is 4.60. The highest BCUT2D eigenvalue weighted by Gasteiger charge is 2.41. The van der Waals surface area contributed by atoms with Crippen LogP contribution in [0.1, 0.15) is 41.1 Å². The smallest absolute Gasteiger partial charge is 0.226 e. The number of carbonyl (C=O) groups is 1. The highest BCUT2D eigenvalue weighted by Crippen LogP contribution is 2.41. The van der Waals surface area contributed by atoms with Gasteiger partial charge in [-0.2, -0.15) is 0 Å². The number of nitrogens with one attached hydrogen (secondary N) is 2. The third kappa shape index (κ3) is 5.60. The summed E-state index contributed by atoms with van der Waals surface area (Å²) in [6, 6.07) is 23.3. The van der Waals surface area contributed by atoms with Crippen LogP contribution in [0.25, 0.3) is 11.3 Å². The lowest BCUT2D eigenvalue weighted by Crippen LogP contribution is -2.32. The van der Waals surface area contributed by atoms with Gasteiger partial charge in [-0.3, -0.25) is 9.78 Å². The van der Waals surface area contributed by atoms with Crippen molar-refractivity contribution in [3.05, 3.63) is 106 Å². The molecule has 2 atom stereocenters. The Morgan fingerprint density at radius 3 is 2.68 bits per heavy atom. The van der Waals surface area contributed by atoms with E-state index in [0.29, 0.717) is 11.7 Å². The Bertz CT molecular complexity index is 1440. The normalized spacial score (nSPS) is 17.1. The average Bonchev–Trinajstić information content (AvgIpc) is 3.47. The predicted molar refractivity (Wildman–Crippen MR) is 153 cm³/mol. The molecule has 6 nitrogen and oxygen atoms in total. The van der Waals surface area contributed by atoms with Crippen molar-refractivity contribution in [1.29, 1.82) is 0 Å². The molecule has 2 N–H and O–H groups in total. The lowest BCUT2D eigenvalue weighted by atomic mass is 10.0. The van der Waals surface area contributed by atoms with Gasteiger partial charge in [0.05, 0.1) is 11.7 Å². The van der Waals surface area contributed by atoms with E-state index >= 15 is 0 Å². The Balaban J connectivity index is 1.41. The molecule has 0 saturated carbocycles. The van der Waals surface area contributed by atoms with Gasteiger partial charge in [0.2, 0.25) is 5.91 Å². The Kier molecular flexibility index (Phi) is 7.39. The largest absolute Gasteiger partial charge is 0.459 e. The van der Waals surface area contributed by atoms with Gasteiger partial charge < -0.3 is 20.0 Å². The van der Waals surface area contributed by atoms with Crippen molar-refractivity contribution < 1.29 is 9.21 Å². The van der Waals surface area contributed by atoms with Crippen LogP contribution in [0, 0.1) is 13.8 Å². The number of aromatic nitrogens is 1. The molecule has 1 fully saturated rings. The molecular weight excluding hydrogens is 548 g/mol. The van der Waals surface area contributed by atoms with Crippen molar-refractivity contribution in [1.82, 2.24) is 15.2 Å². The zero-order chi connectivity index (χ0) is 25.9. The summed E-state index contributed by atoms with van der Waals surface area (Å²) in [6.45, 7) is 4.48. The van der Waals surface area contributed by atoms with E-state index in [4.69, 9.17) is 16.6 Å². The third-order valence-corrected chi connectivity index (χ3v) is 7.40. The number of benzene rings is 2. The molecule has 3 heterocycles. The van der Waals surface area contributed by atoms with Crippen LogP contribution in [0.5, 0.6) is 0 Å². The number of aryl methyl sites for hydroxylation is 2. The topological polar surface area (TPSA) is 70.4 Å². The number of anilines is 1. The van der Waals surface area contributed by atoms with Gasteiger partial charge in [0.1, 0.15) is 17.6 Å². The molecule has 0 spiro atoms. The molecule has 8 heteroatoms. The SMILES string of the molecule is Cc1cccc(NC(=O)CCN2C(=S)NC(c3ccccn3)C2c2ccc(-c3ccc(C)cc3Br)o2)c1. The molecule has 0 radical (unpaired) electrons. The molecule has 2 aromatic heterocycles. The zero-order valence-corrected chi connectivity index (χ0v) is 23.0. The molecule has 0 aliphatic carbocycles. The van der Waals surface area contributed by atoms with Crippen molar-refractivity contribution in [3.8, 4) is 11.3 Å². The van der Waals surface area contributed by atoms with Gasteiger partial charge in [-0.25, -0.2) is 0 Å². The number of rotatable bonds is 7. The van der Waals surface area contributed by atoms with E-state index in [1.54, 1.807) is 6.20 Å². The molecule has 2 unspecified atom stereocenters. The second-order valence-electron chi connectivity index (χ2n) is 9.17. The van der Waals surface area contributed by atoms with Gasteiger partial charge in [0.15, 0.2) is 5.11 Å². The maximum absolute atomic E-state index is 12.8. The molecule has 1 amide bonds. The minimum atomic E-state index is -0.257. The monoisotopic (exact) mass is 574 g/mol. The number of hydrogen-bond donors (Lipinski definition) is 2. The summed E-state index contributed by atoms with van der Waals surface area (Å²) >= 11 is 9.40. The second kappa shape index (κ2) is 10.9. The zero-order valence-electron chi connectivity index (χ0n) is 20.6. The second-order valence-corrected chi connectivity index (χ2v) is 10.4. The lowest BCUT2D eigenvalue weighted by Gasteiger charge is -2.25. The summed E-state index contributed by atoms with van der Waals surface area (Å²) < 4.78 is 7.39. The summed E-state index contributed by atoms with van der Waals surface area (Å²) in [5, 5.41) is 6.96. The van der Waals surface area contributed by atoms with Crippen molar-refractivity contribution in [2.75, 3.05) is 11.9 Å². The van der Waals surface area contributed by atoms with Crippen LogP contribution < -0.4 is 10.6 Å². The molecule has 0 bridgehead atoms. The maximum atomic E-state index is 12.8. The van der Waals surface area contributed by atoms with Gasteiger partial charge in [-0.05, 0) is 85.7 Å². The van der Waals surface area contributed by atoms with Crippen molar-refractivity contribution in [2.24, 2.45) is 0 Å². The molecule has 1 aliphatic rings. The first kappa shape index (κ1) is 25.2. The number of hydrogen-bond acceptors (Lipinski definition) is 4. The third-order valence-electron chi connectivity index (χ3n) is 6.39. The van der Waals surface area contributed by atoms with Crippen LogP contribution in [-0.2, 0) is 4.79 Å². The number of amides is 1. The van der Waals surface area contributed by atoms with Crippen molar-refractivity contribution >= 4 is 44.9 Å². The van der Waals surface area contributed by atoms with E-state index in [-0.39, 0.29) is 24.4 Å². The Hall–Kier alpha value is -3.49. The number of pyridine rings is 1. The first-order chi connectivity index (χ1) is 17.9. The first-order valence-electron chi connectivity index (χ1n) is 12.1. The predicted octanol–water partition coefficient (Wildman–Crippen LogP) is 6.72. The van der Waals surface area contributed by atoms with Gasteiger partial charge in [0.25, 0.3) is 0 Å². The number of furan rings is 1. The average molecular weight is 576 g/mol. The highest BCUT2D eigenvalue weighted by atomic mass is 79.9. The molecule has 2 aromatic carbocycles. The molecule has 188 valence electrons. The van der Waals surface area contributed by atoms with Crippen LogP contribution in [0.4, 0.5) is 5.69 Å². The minimum Gasteiger partial charge on any atom is -0.459 e. The standard InChI is InChI=1S/C29H27BrN4O2S/c1-18-6-5-7-20(16-18)32-26(35)13-15-34-28(27(33-29(34)37)23-8-3-4-14-31-23)25-12-11-24(36-25)21-10-9-19(2)17-22(21)30/h3-12,14,16-17,27-28H,13,15H2,1-2H3,(H,32,35)(H,33,37). The van der Waals surface area contributed by atoms with E-state index in [0.717, 1.165) is 44.1 Å². The maximum Gasteiger partial charge on any atom is 0.226 e. The van der Waals surface area contributed by atoms with Gasteiger partial charge in [-0.15, -0.1) is 0 Å². The number of halogens is 1. The number of carbonyl (C=O) groups excluding carboxylic acids is 1. The van der Waals surface area contributed by atoms with E-state index in [2.05, 4.69) is 50.6 Å². The molecule has 1 saturated heterocycles. The van der Waals surface area contributed by atoms with Crippen molar-refractivity contribution in [2.45, 2.75) is 32.4 Å². The molecule has 1 aliphatic heterocycles. The molecule has 5 rings (SSSR count). The van der Waals surface area contributed by atoms with Gasteiger partial charge in [-0.1, -0.05) is 40.2 Å². The van der Waals surface area contributed by atoms with Gasteiger partial charge in [0, 0.05) is 34.9 Å². The molecule has 37 heavy (non-hydrogen) atoms. The fraction of sp³-hybridized carbons (Fsp3) is 0.207. The van der Waals surface area contributed by atoms with Crippen LogP contribution in [0.3, 0.4) is 0 Å². The van der Waals surface area contributed by atoms with Crippen LogP contribution in [-0.4, -0.2) is 27.4 Å². The highest BCUT2D eigenvalue weighted by molar-refractivity contribution is 9.10. The quantitative estimate of drug-likeness (QED) is 0.239. The summed E-state index contributed by atoms with van der Waals surface area (Å²) in [7, 11) is 0. The van der Waals surface area contributed by atoms with E-state index in [9.17, 15) is 4.79 Å². The van der Waals surface area contributed by atoms with Crippen LogP contribution >= 0.6 is 28.1 Å². The Morgan fingerprint density at radius 2 is 1.92 bits per heavy atom. The fourth-order valence-corrected chi connectivity index (χ4v) is 5.62. The van der Waals surface area contributed by atoms with Gasteiger partial charge >= 0.3 is 0 Å². The lowest BCUT2D eigenvalue weighted by molar-refractivity contribution is -0.116. The molecule has 4 aromatic rings. The van der Waals surface area contributed by atoms with E-state index < -0.39 is 0 Å². The summed E-state index contributed by atoms with van der Waals surface area (Å²) in [6.07, 6.45) is 2.05. The Morgan fingerprint density at radius 1 is 1.08 bits per heavy atom. The summed E-state index contributed by atoms with van der Waals surface area (Å²) in [5.41, 5.74) is 4.88. The molecular formula is C29H27BrN4O2S. The van der Waals surface area contributed by atoms with E-state index in [1.807, 2.05) is 72.5 Å². The first-order valence-corrected chi connectivity index (χ1v) is 13.3. The van der Waals surface area contributed by atoms with Crippen LogP contribution in [0.2, 0.25) is 0 Å². The minimum absolute atomic E-state index is 0.0721.